The van der Waals surface area contributed by atoms with Crippen LogP contribution in [-0.2, 0) is 11.3 Å². The monoisotopic (exact) mass is 281 g/mol. The number of nitrogens with zero attached hydrogens (tertiary/aromatic N) is 3. The summed E-state index contributed by atoms with van der Waals surface area (Å²) in [6.07, 6.45) is 3.62. The summed E-state index contributed by atoms with van der Waals surface area (Å²) in [5.74, 6) is 1.48. The van der Waals surface area contributed by atoms with Gasteiger partial charge in [0, 0.05) is 30.6 Å². The normalized spacial score (nSPS) is 31.8. The molecule has 1 aromatic heterocycles. The molecule has 2 aliphatic rings. The highest BCUT2D eigenvalue weighted by Crippen LogP contribution is 2.35. The Balaban J connectivity index is 1.55. The van der Waals surface area contributed by atoms with Crippen LogP contribution < -0.4 is 0 Å². The molecule has 1 aromatic rings. The summed E-state index contributed by atoms with van der Waals surface area (Å²) in [5, 5.41) is 3.30. The average Bonchev–Trinajstić information content (AvgIpc) is 2.99. The molecule has 0 saturated carbocycles. The Labute approximate surface area is 119 Å². The Hall–Kier alpha value is -0.490. The van der Waals surface area contributed by atoms with Gasteiger partial charge in [-0.2, -0.15) is 0 Å². The van der Waals surface area contributed by atoms with Crippen molar-refractivity contribution in [2.75, 3.05) is 40.3 Å². The summed E-state index contributed by atoms with van der Waals surface area (Å²) in [6, 6.07) is 0. The standard InChI is InChI=1S/C14H23N3OS/c1-16(2)8-13-12-3-5-17(7-11(12)10-18-13)9-14-15-4-6-19-14/h4,6,11-13H,3,5,7-10H2,1-2H3/t11-,12-,13+/m1/s1. The smallest absolute Gasteiger partial charge is 0.107 e. The third-order valence-corrected chi connectivity index (χ3v) is 5.03. The van der Waals surface area contributed by atoms with E-state index < -0.39 is 0 Å². The predicted molar refractivity (Wildman–Crippen MR) is 77.3 cm³/mol. The fourth-order valence-corrected chi connectivity index (χ4v) is 4.03. The van der Waals surface area contributed by atoms with Crippen LogP contribution in [0.25, 0.3) is 0 Å². The van der Waals surface area contributed by atoms with Crippen LogP contribution in [0.1, 0.15) is 11.4 Å². The molecule has 0 spiro atoms. The maximum Gasteiger partial charge on any atom is 0.107 e. The Bertz CT molecular complexity index is 395. The largest absolute Gasteiger partial charge is 0.376 e. The molecule has 0 aliphatic carbocycles. The van der Waals surface area contributed by atoms with Gasteiger partial charge in [0.05, 0.1) is 19.3 Å². The second-order valence-electron chi connectivity index (χ2n) is 6.01. The zero-order valence-corrected chi connectivity index (χ0v) is 12.6. The SMILES string of the molecule is CN(C)C[C@@H]1OC[C@H]2CN(Cc3nccs3)CC[C@H]21. The van der Waals surface area contributed by atoms with Crippen molar-refractivity contribution in [3.8, 4) is 0 Å². The van der Waals surface area contributed by atoms with Crippen LogP contribution in [0, 0.1) is 11.8 Å². The Kier molecular flexibility index (Phi) is 4.17. The molecule has 19 heavy (non-hydrogen) atoms. The summed E-state index contributed by atoms with van der Waals surface area (Å²) < 4.78 is 6.01. The summed E-state index contributed by atoms with van der Waals surface area (Å²) in [4.78, 5) is 9.18. The highest BCUT2D eigenvalue weighted by molar-refractivity contribution is 7.09. The van der Waals surface area contributed by atoms with Gasteiger partial charge < -0.3 is 9.64 Å². The second kappa shape index (κ2) is 5.87. The van der Waals surface area contributed by atoms with E-state index in [2.05, 4.69) is 34.3 Å². The van der Waals surface area contributed by atoms with Crippen molar-refractivity contribution in [3.05, 3.63) is 16.6 Å². The van der Waals surface area contributed by atoms with Crippen molar-refractivity contribution < 1.29 is 4.74 Å². The molecule has 0 bridgehead atoms. The van der Waals surface area contributed by atoms with Crippen molar-refractivity contribution in [1.29, 1.82) is 0 Å². The molecule has 0 unspecified atom stereocenters. The Morgan fingerprint density at radius 2 is 2.42 bits per heavy atom. The molecule has 106 valence electrons. The van der Waals surface area contributed by atoms with Crippen LogP contribution in [0.5, 0.6) is 0 Å². The van der Waals surface area contributed by atoms with E-state index in [1.54, 1.807) is 11.3 Å². The van der Waals surface area contributed by atoms with Crippen LogP contribution in [0.3, 0.4) is 0 Å². The molecule has 0 aromatic carbocycles. The van der Waals surface area contributed by atoms with E-state index in [0.717, 1.165) is 31.5 Å². The third-order valence-electron chi connectivity index (χ3n) is 4.27. The van der Waals surface area contributed by atoms with E-state index in [9.17, 15) is 0 Å². The van der Waals surface area contributed by atoms with Crippen molar-refractivity contribution in [1.82, 2.24) is 14.8 Å². The van der Waals surface area contributed by atoms with E-state index in [0.29, 0.717) is 6.10 Å². The number of hydrogen-bond donors (Lipinski definition) is 0. The molecular weight excluding hydrogens is 258 g/mol. The quantitative estimate of drug-likeness (QED) is 0.837. The molecule has 3 rings (SSSR count). The van der Waals surface area contributed by atoms with Crippen molar-refractivity contribution >= 4 is 11.3 Å². The number of fused-ring (bicyclic) bond motifs is 1. The molecule has 3 atom stereocenters. The highest BCUT2D eigenvalue weighted by Gasteiger charge is 2.40. The van der Waals surface area contributed by atoms with Gasteiger partial charge in [0.25, 0.3) is 0 Å². The van der Waals surface area contributed by atoms with Crippen LogP contribution in [-0.4, -0.2) is 61.2 Å². The molecule has 2 aliphatic heterocycles. The van der Waals surface area contributed by atoms with Crippen LogP contribution >= 0.6 is 11.3 Å². The first kappa shape index (κ1) is 13.5. The zero-order chi connectivity index (χ0) is 13.2. The lowest BCUT2D eigenvalue weighted by atomic mass is 9.84. The van der Waals surface area contributed by atoms with Gasteiger partial charge in [-0.3, -0.25) is 4.90 Å². The molecular formula is C14H23N3OS. The van der Waals surface area contributed by atoms with Gasteiger partial charge in [0.15, 0.2) is 0 Å². The van der Waals surface area contributed by atoms with E-state index in [1.807, 2.05) is 6.20 Å². The number of thiazole rings is 1. The summed E-state index contributed by atoms with van der Waals surface area (Å²) in [7, 11) is 4.27. The van der Waals surface area contributed by atoms with E-state index >= 15 is 0 Å². The predicted octanol–water partition coefficient (Wildman–Crippen LogP) is 1.54. The molecule has 0 N–H and O–H groups in total. The lowest BCUT2D eigenvalue weighted by Gasteiger charge is -2.35. The Morgan fingerprint density at radius 1 is 1.53 bits per heavy atom. The lowest BCUT2D eigenvalue weighted by Crippen LogP contribution is -2.42. The average molecular weight is 281 g/mol. The van der Waals surface area contributed by atoms with Gasteiger partial charge in [0.1, 0.15) is 5.01 Å². The second-order valence-corrected chi connectivity index (χ2v) is 6.99. The maximum atomic E-state index is 6.01. The molecule has 0 amide bonds. The van der Waals surface area contributed by atoms with E-state index in [-0.39, 0.29) is 0 Å². The highest BCUT2D eigenvalue weighted by atomic mass is 32.1. The lowest BCUT2D eigenvalue weighted by molar-refractivity contribution is 0.0626. The number of likely N-dealkylation sites (tertiary alicyclic amines) is 1. The van der Waals surface area contributed by atoms with Crippen molar-refractivity contribution in [2.45, 2.75) is 19.1 Å². The molecule has 2 saturated heterocycles. The minimum Gasteiger partial charge on any atom is -0.376 e. The molecule has 4 nitrogen and oxygen atoms in total. The minimum absolute atomic E-state index is 0.446. The number of aromatic nitrogens is 1. The third kappa shape index (κ3) is 3.16. The summed E-state index contributed by atoms with van der Waals surface area (Å²) >= 11 is 1.76. The van der Waals surface area contributed by atoms with Crippen LogP contribution in [0.2, 0.25) is 0 Å². The first-order valence-electron chi connectivity index (χ1n) is 7.09. The summed E-state index contributed by atoms with van der Waals surface area (Å²) in [5.41, 5.74) is 0. The number of piperidine rings is 1. The van der Waals surface area contributed by atoms with Crippen LogP contribution in [0.4, 0.5) is 0 Å². The Morgan fingerprint density at radius 3 is 3.16 bits per heavy atom. The van der Waals surface area contributed by atoms with Gasteiger partial charge in [-0.15, -0.1) is 11.3 Å². The summed E-state index contributed by atoms with van der Waals surface area (Å²) in [6.45, 7) is 5.38. The van der Waals surface area contributed by atoms with E-state index in [4.69, 9.17) is 4.74 Å². The van der Waals surface area contributed by atoms with E-state index in [1.165, 1.54) is 24.5 Å². The first-order valence-corrected chi connectivity index (χ1v) is 7.97. The first-order chi connectivity index (χ1) is 9.22. The molecule has 2 fully saturated rings. The zero-order valence-electron chi connectivity index (χ0n) is 11.8. The molecule has 3 heterocycles. The number of likely N-dealkylation sites (N-methyl/N-ethyl adjacent to an activating group) is 1. The van der Waals surface area contributed by atoms with Gasteiger partial charge in [-0.05, 0) is 33.0 Å². The maximum absolute atomic E-state index is 6.01. The fourth-order valence-electron chi connectivity index (χ4n) is 3.38. The van der Waals surface area contributed by atoms with Gasteiger partial charge >= 0.3 is 0 Å². The fraction of sp³-hybridized carbons (Fsp3) is 0.786. The topological polar surface area (TPSA) is 28.6 Å². The molecule has 5 heteroatoms. The van der Waals surface area contributed by atoms with Crippen LogP contribution in [0.15, 0.2) is 11.6 Å². The number of rotatable bonds is 4. The number of ether oxygens (including phenoxy) is 1. The van der Waals surface area contributed by atoms with Crippen molar-refractivity contribution in [2.24, 2.45) is 11.8 Å². The van der Waals surface area contributed by atoms with Gasteiger partial charge in [-0.25, -0.2) is 4.98 Å². The van der Waals surface area contributed by atoms with Gasteiger partial charge in [0.2, 0.25) is 0 Å². The molecule has 0 radical (unpaired) electrons. The van der Waals surface area contributed by atoms with Crippen molar-refractivity contribution in [3.63, 3.8) is 0 Å². The minimum atomic E-state index is 0.446. The number of hydrogen-bond acceptors (Lipinski definition) is 5. The van der Waals surface area contributed by atoms with Gasteiger partial charge in [-0.1, -0.05) is 0 Å².